The van der Waals surface area contributed by atoms with Crippen LogP contribution < -0.4 is 11.1 Å². The third-order valence-corrected chi connectivity index (χ3v) is 1.54. The number of benzene rings is 1. The fraction of sp³-hybridized carbons (Fsp3) is 0.222. The monoisotopic (exact) mass is 180 g/mol. The topological polar surface area (TPSA) is 75.4 Å². The zero-order valence-corrected chi connectivity index (χ0v) is 7.37. The first kappa shape index (κ1) is 9.38. The molecule has 0 aromatic heterocycles. The summed E-state index contributed by atoms with van der Waals surface area (Å²) in [5.74, 6) is -0.230. The number of anilines is 1. The Morgan fingerprint density at radius 1 is 1.54 bits per heavy atom. The summed E-state index contributed by atoms with van der Waals surface area (Å²) in [5.41, 5.74) is 6.20. The molecule has 4 nitrogen and oxygen atoms in total. The maximum absolute atomic E-state index is 11.3. The molecule has 0 radical (unpaired) electrons. The molecule has 70 valence electrons. The van der Waals surface area contributed by atoms with Gasteiger partial charge in [0.2, 0.25) is 0 Å². The molecule has 0 atom stereocenters. The molecule has 1 amide bonds. The minimum atomic E-state index is -0.231. The molecule has 0 saturated carbocycles. The number of phenolic OH excluding ortho intramolecular Hbond substituents is 1. The first-order valence-corrected chi connectivity index (χ1v) is 4.01. The second kappa shape index (κ2) is 3.80. The van der Waals surface area contributed by atoms with E-state index in [0.29, 0.717) is 17.8 Å². The van der Waals surface area contributed by atoms with E-state index in [0.717, 1.165) is 0 Å². The molecule has 0 bridgehead atoms. The van der Waals surface area contributed by atoms with Gasteiger partial charge in [-0.15, -0.1) is 0 Å². The smallest absolute Gasteiger partial charge is 0.251 e. The van der Waals surface area contributed by atoms with Crippen LogP contribution in [0.2, 0.25) is 0 Å². The molecule has 0 heterocycles. The zero-order chi connectivity index (χ0) is 9.84. The zero-order valence-electron chi connectivity index (χ0n) is 7.37. The van der Waals surface area contributed by atoms with Crippen LogP contribution >= 0.6 is 0 Å². The highest BCUT2D eigenvalue weighted by atomic mass is 16.3. The van der Waals surface area contributed by atoms with Gasteiger partial charge in [-0.05, 0) is 19.1 Å². The van der Waals surface area contributed by atoms with Crippen LogP contribution in [-0.4, -0.2) is 17.6 Å². The average molecular weight is 180 g/mol. The third-order valence-electron chi connectivity index (χ3n) is 1.54. The maximum atomic E-state index is 11.3. The van der Waals surface area contributed by atoms with Gasteiger partial charge in [0.25, 0.3) is 5.91 Å². The van der Waals surface area contributed by atoms with E-state index in [2.05, 4.69) is 5.32 Å². The Morgan fingerprint density at radius 2 is 2.23 bits per heavy atom. The molecule has 0 aliphatic carbocycles. The predicted octanol–water partition coefficient (Wildman–Crippen LogP) is 0.724. The van der Waals surface area contributed by atoms with Crippen molar-refractivity contribution in [3.8, 4) is 5.75 Å². The molecule has 1 aromatic rings. The summed E-state index contributed by atoms with van der Waals surface area (Å²) in [4.78, 5) is 11.3. The van der Waals surface area contributed by atoms with Gasteiger partial charge in [0, 0.05) is 23.9 Å². The van der Waals surface area contributed by atoms with E-state index in [1.807, 2.05) is 6.92 Å². The lowest BCUT2D eigenvalue weighted by Gasteiger charge is -2.03. The van der Waals surface area contributed by atoms with Crippen LogP contribution in [0.25, 0.3) is 0 Å². The number of hydrogen-bond acceptors (Lipinski definition) is 3. The molecule has 4 heteroatoms. The molecular weight excluding hydrogens is 168 g/mol. The number of nitrogen functional groups attached to an aromatic ring is 1. The Bertz CT molecular complexity index is 303. The van der Waals surface area contributed by atoms with Crippen molar-refractivity contribution in [3.63, 3.8) is 0 Å². The van der Waals surface area contributed by atoms with Crippen molar-refractivity contribution in [3.05, 3.63) is 23.8 Å². The number of nitrogens with two attached hydrogens (primary N) is 1. The van der Waals surface area contributed by atoms with Crippen LogP contribution in [-0.2, 0) is 0 Å². The summed E-state index contributed by atoms with van der Waals surface area (Å²) in [6, 6.07) is 4.29. The molecule has 1 aromatic carbocycles. The van der Waals surface area contributed by atoms with Crippen LogP contribution in [0.1, 0.15) is 17.3 Å². The van der Waals surface area contributed by atoms with Crippen molar-refractivity contribution in [2.24, 2.45) is 0 Å². The molecule has 1 rings (SSSR count). The Morgan fingerprint density at radius 3 is 2.77 bits per heavy atom. The Hall–Kier alpha value is -1.71. The molecule has 0 spiro atoms. The number of aromatic hydroxyl groups is 1. The fourth-order valence-corrected chi connectivity index (χ4v) is 1.03. The molecule has 0 aliphatic rings. The number of nitrogens with one attached hydrogen (secondary N) is 1. The van der Waals surface area contributed by atoms with Gasteiger partial charge in [-0.1, -0.05) is 0 Å². The fourth-order valence-electron chi connectivity index (χ4n) is 1.03. The van der Waals surface area contributed by atoms with Crippen molar-refractivity contribution in [2.45, 2.75) is 6.92 Å². The second-order valence-corrected chi connectivity index (χ2v) is 2.67. The largest absolute Gasteiger partial charge is 0.508 e. The standard InChI is InChI=1S/C9H12N2O2/c1-2-11-9(13)6-3-7(10)5-8(12)4-6/h3-5,12H,2,10H2,1H3,(H,11,13). The van der Waals surface area contributed by atoms with Gasteiger partial charge in [0.05, 0.1) is 0 Å². The lowest BCUT2D eigenvalue weighted by Crippen LogP contribution is -2.22. The highest BCUT2D eigenvalue weighted by Gasteiger charge is 2.05. The number of phenols is 1. The third kappa shape index (κ3) is 2.37. The second-order valence-electron chi connectivity index (χ2n) is 2.67. The minimum absolute atomic E-state index is 0.00116. The van der Waals surface area contributed by atoms with E-state index in [-0.39, 0.29) is 11.7 Å². The van der Waals surface area contributed by atoms with Gasteiger partial charge in [0.15, 0.2) is 0 Å². The van der Waals surface area contributed by atoms with E-state index in [4.69, 9.17) is 10.8 Å². The molecule has 4 N–H and O–H groups in total. The van der Waals surface area contributed by atoms with Crippen molar-refractivity contribution in [1.29, 1.82) is 0 Å². The van der Waals surface area contributed by atoms with Crippen molar-refractivity contribution < 1.29 is 9.90 Å². The van der Waals surface area contributed by atoms with Crippen LogP contribution in [0.15, 0.2) is 18.2 Å². The van der Waals surface area contributed by atoms with Gasteiger partial charge in [-0.2, -0.15) is 0 Å². The highest BCUT2D eigenvalue weighted by Crippen LogP contribution is 2.16. The lowest BCUT2D eigenvalue weighted by molar-refractivity contribution is 0.0955. The van der Waals surface area contributed by atoms with Gasteiger partial charge < -0.3 is 16.2 Å². The lowest BCUT2D eigenvalue weighted by atomic mass is 10.2. The Labute approximate surface area is 76.4 Å². The van der Waals surface area contributed by atoms with Crippen molar-refractivity contribution in [1.82, 2.24) is 5.32 Å². The quantitative estimate of drug-likeness (QED) is 0.587. The van der Waals surface area contributed by atoms with E-state index < -0.39 is 0 Å². The van der Waals surface area contributed by atoms with Gasteiger partial charge >= 0.3 is 0 Å². The number of hydrogen-bond donors (Lipinski definition) is 3. The van der Waals surface area contributed by atoms with E-state index in [1.54, 1.807) is 0 Å². The summed E-state index contributed by atoms with van der Waals surface area (Å²) < 4.78 is 0. The minimum Gasteiger partial charge on any atom is -0.508 e. The van der Waals surface area contributed by atoms with Gasteiger partial charge in [0.1, 0.15) is 5.75 Å². The first-order valence-electron chi connectivity index (χ1n) is 4.01. The number of carbonyl (C=O) groups excluding carboxylic acids is 1. The number of rotatable bonds is 2. The molecule has 0 fully saturated rings. The molecular formula is C9H12N2O2. The highest BCUT2D eigenvalue weighted by molar-refractivity contribution is 5.95. The summed E-state index contributed by atoms with van der Waals surface area (Å²) in [7, 11) is 0. The SMILES string of the molecule is CCNC(=O)c1cc(N)cc(O)c1. The summed E-state index contributed by atoms with van der Waals surface area (Å²) in [6.45, 7) is 2.37. The Kier molecular flexibility index (Phi) is 2.74. The Balaban J connectivity index is 2.94. The predicted molar refractivity (Wildman–Crippen MR) is 50.5 cm³/mol. The van der Waals surface area contributed by atoms with Crippen LogP contribution in [0.3, 0.4) is 0 Å². The molecule has 0 saturated heterocycles. The summed E-state index contributed by atoms with van der Waals surface area (Å²) >= 11 is 0. The van der Waals surface area contributed by atoms with Crippen LogP contribution in [0, 0.1) is 0 Å². The van der Waals surface area contributed by atoms with Crippen LogP contribution in [0.5, 0.6) is 5.75 Å². The molecule has 0 aliphatic heterocycles. The van der Waals surface area contributed by atoms with Crippen LogP contribution in [0.4, 0.5) is 5.69 Å². The molecule has 13 heavy (non-hydrogen) atoms. The van der Waals surface area contributed by atoms with E-state index in [9.17, 15) is 4.79 Å². The van der Waals surface area contributed by atoms with Crippen molar-refractivity contribution in [2.75, 3.05) is 12.3 Å². The maximum Gasteiger partial charge on any atom is 0.251 e. The summed E-state index contributed by atoms with van der Waals surface area (Å²) in [6.07, 6.45) is 0. The number of carbonyl (C=O) groups is 1. The average Bonchev–Trinajstić information content (AvgIpc) is 2.03. The van der Waals surface area contributed by atoms with Gasteiger partial charge in [-0.3, -0.25) is 4.79 Å². The van der Waals surface area contributed by atoms with E-state index in [1.165, 1.54) is 18.2 Å². The van der Waals surface area contributed by atoms with Crippen molar-refractivity contribution >= 4 is 11.6 Å². The molecule has 0 unspecified atom stereocenters. The summed E-state index contributed by atoms with van der Waals surface area (Å²) in [5, 5.41) is 11.8. The van der Waals surface area contributed by atoms with E-state index >= 15 is 0 Å². The van der Waals surface area contributed by atoms with Gasteiger partial charge in [-0.25, -0.2) is 0 Å². The number of amides is 1. The normalized spacial score (nSPS) is 9.62. The first-order chi connectivity index (χ1) is 6.13.